The van der Waals surface area contributed by atoms with Gasteiger partial charge in [-0.3, -0.25) is 4.79 Å². The summed E-state index contributed by atoms with van der Waals surface area (Å²) < 4.78 is 0. The van der Waals surface area contributed by atoms with E-state index in [1.54, 1.807) is 18.2 Å². The Morgan fingerprint density at radius 3 is 2.67 bits per heavy atom. The van der Waals surface area contributed by atoms with Crippen molar-refractivity contribution >= 4 is 34.6 Å². The van der Waals surface area contributed by atoms with Crippen molar-refractivity contribution in [3.63, 3.8) is 0 Å². The summed E-state index contributed by atoms with van der Waals surface area (Å²) in [6, 6.07) is 10.7. The maximum Gasteiger partial charge on any atom is 0.253 e. The number of rotatable bonds is 4. The number of benzene rings is 2. The molecule has 1 amide bonds. The first kappa shape index (κ1) is 15.2. The summed E-state index contributed by atoms with van der Waals surface area (Å²) in [4.78, 5) is 12.1. The van der Waals surface area contributed by atoms with Gasteiger partial charge in [0.05, 0.1) is 11.3 Å². The van der Waals surface area contributed by atoms with Crippen molar-refractivity contribution in [2.75, 3.05) is 17.6 Å². The third-order valence-electron chi connectivity index (χ3n) is 3.09. The van der Waals surface area contributed by atoms with Gasteiger partial charge >= 0.3 is 0 Å². The smallest absolute Gasteiger partial charge is 0.253 e. The Hall–Kier alpha value is -2.20. The van der Waals surface area contributed by atoms with E-state index < -0.39 is 0 Å². The lowest BCUT2D eigenvalue weighted by Crippen LogP contribution is -2.23. The second kappa shape index (κ2) is 6.50. The van der Waals surface area contributed by atoms with Crippen LogP contribution in [0.2, 0.25) is 5.02 Å². The highest BCUT2D eigenvalue weighted by atomic mass is 35.5. The summed E-state index contributed by atoms with van der Waals surface area (Å²) in [6.45, 7) is 4.42. The summed E-state index contributed by atoms with van der Waals surface area (Å²) in [6.07, 6.45) is 0. The van der Waals surface area contributed by atoms with Crippen LogP contribution in [-0.2, 0) is 0 Å². The minimum atomic E-state index is -0.139. The Balaban J connectivity index is 2.40. The predicted octanol–water partition coefficient (Wildman–Crippen LogP) is 3.72. The SMILES string of the molecule is CCNC(=O)c1ccc(N)cc1Nc1cc(Cl)ccc1C. The van der Waals surface area contributed by atoms with Gasteiger partial charge in [-0.25, -0.2) is 0 Å². The molecule has 0 saturated heterocycles. The second-order valence-electron chi connectivity index (χ2n) is 4.75. The zero-order valence-corrected chi connectivity index (χ0v) is 12.8. The Labute approximate surface area is 129 Å². The lowest BCUT2D eigenvalue weighted by molar-refractivity contribution is 0.0956. The van der Waals surface area contributed by atoms with Gasteiger partial charge in [0.2, 0.25) is 0 Å². The van der Waals surface area contributed by atoms with Gasteiger partial charge in [-0.1, -0.05) is 17.7 Å². The van der Waals surface area contributed by atoms with Crippen LogP contribution in [0.5, 0.6) is 0 Å². The second-order valence-corrected chi connectivity index (χ2v) is 5.19. The van der Waals surface area contributed by atoms with E-state index in [0.717, 1.165) is 11.3 Å². The standard InChI is InChI=1S/C16H18ClN3O/c1-3-19-16(21)13-7-6-12(18)9-15(13)20-14-8-11(17)5-4-10(14)2/h4-9,20H,3,18H2,1-2H3,(H,19,21). The summed E-state index contributed by atoms with van der Waals surface area (Å²) in [5, 5.41) is 6.66. The minimum absolute atomic E-state index is 0.139. The molecule has 2 aromatic rings. The van der Waals surface area contributed by atoms with Crippen LogP contribution < -0.4 is 16.4 Å². The molecule has 2 rings (SSSR count). The molecule has 4 nitrogen and oxygen atoms in total. The zero-order chi connectivity index (χ0) is 15.4. The first-order chi connectivity index (χ1) is 10.0. The molecule has 0 aliphatic carbocycles. The van der Waals surface area contributed by atoms with Crippen molar-refractivity contribution in [1.29, 1.82) is 0 Å². The fraction of sp³-hybridized carbons (Fsp3) is 0.188. The minimum Gasteiger partial charge on any atom is -0.399 e. The van der Waals surface area contributed by atoms with E-state index in [1.165, 1.54) is 0 Å². The molecular weight excluding hydrogens is 286 g/mol. The number of halogens is 1. The van der Waals surface area contributed by atoms with Gasteiger partial charge in [0, 0.05) is 22.9 Å². The van der Waals surface area contributed by atoms with E-state index in [-0.39, 0.29) is 5.91 Å². The van der Waals surface area contributed by atoms with Crippen molar-refractivity contribution in [2.45, 2.75) is 13.8 Å². The first-order valence-corrected chi connectivity index (χ1v) is 7.10. The van der Waals surface area contributed by atoms with E-state index in [2.05, 4.69) is 10.6 Å². The molecule has 0 saturated carbocycles. The number of nitrogens with two attached hydrogens (primary N) is 1. The molecule has 110 valence electrons. The molecular formula is C16H18ClN3O. The number of carbonyl (C=O) groups excluding carboxylic acids is 1. The van der Waals surface area contributed by atoms with Crippen LogP contribution in [0.1, 0.15) is 22.8 Å². The number of amides is 1. The maximum atomic E-state index is 12.1. The monoisotopic (exact) mass is 303 g/mol. The first-order valence-electron chi connectivity index (χ1n) is 6.72. The van der Waals surface area contributed by atoms with Crippen molar-refractivity contribution in [3.05, 3.63) is 52.5 Å². The highest BCUT2D eigenvalue weighted by Crippen LogP contribution is 2.27. The molecule has 0 aliphatic rings. The van der Waals surface area contributed by atoms with Crippen LogP contribution in [-0.4, -0.2) is 12.5 Å². The quantitative estimate of drug-likeness (QED) is 0.754. The van der Waals surface area contributed by atoms with Gasteiger partial charge in [-0.2, -0.15) is 0 Å². The molecule has 0 spiro atoms. The lowest BCUT2D eigenvalue weighted by atomic mass is 10.1. The molecule has 0 unspecified atom stereocenters. The third-order valence-corrected chi connectivity index (χ3v) is 3.33. The molecule has 0 bridgehead atoms. The van der Waals surface area contributed by atoms with Gasteiger partial charge < -0.3 is 16.4 Å². The van der Waals surface area contributed by atoms with Gasteiger partial charge in [0.1, 0.15) is 0 Å². The van der Waals surface area contributed by atoms with E-state index in [0.29, 0.717) is 28.5 Å². The van der Waals surface area contributed by atoms with E-state index in [1.807, 2.05) is 32.0 Å². The van der Waals surface area contributed by atoms with Crippen molar-refractivity contribution in [3.8, 4) is 0 Å². The summed E-state index contributed by atoms with van der Waals surface area (Å²) in [5.41, 5.74) is 9.50. The predicted molar refractivity (Wildman–Crippen MR) is 88.3 cm³/mol. The molecule has 0 fully saturated rings. The van der Waals surface area contributed by atoms with Crippen LogP contribution in [0.15, 0.2) is 36.4 Å². The highest BCUT2D eigenvalue weighted by molar-refractivity contribution is 6.30. The summed E-state index contributed by atoms with van der Waals surface area (Å²) >= 11 is 6.02. The molecule has 0 radical (unpaired) electrons. The fourth-order valence-corrected chi connectivity index (χ4v) is 2.17. The number of nitrogens with one attached hydrogen (secondary N) is 2. The summed E-state index contributed by atoms with van der Waals surface area (Å²) in [7, 11) is 0. The van der Waals surface area contributed by atoms with Gasteiger partial charge in [0.15, 0.2) is 0 Å². The van der Waals surface area contributed by atoms with Crippen molar-refractivity contribution in [2.24, 2.45) is 0 Å². The number of carbonyl (C=O) groups is 1. The number of aryl methyl sites for hydroxylation is 1. The molecule has 0 atom stereocenters. The van der Waals surface area contributed by atoms with Crippen molar-refractivity contribution < 1.29 is 4.79 Å². The molecule has 0 aliphatic heterocycles. The summed E-state index contributed by atoms with van der Waals surface area (Å²) in [5.74, 6) is -0.139. The third kappa shape index (κ3) is 3.67. The van der Waals surface area contributed by atoms with Crippen molar-refractivity contribution in [1.82, 2.24) is 5.32 Å². The molecule has 0 heterocycles. The van der Waals surface area contributed by atoms with Gasteiger partial charge in [-0.05, 0) is 49.7 Å². The molecule has 0 aromatic heterocycles. The molecule has 21 heavy (non-hydrogen) atoms. The average molecular weight is 304 g/mol. The topological polar surface area (TPSA) is 67.2 Å². The fourth-order valence-electron chi connectivity index (χ4n) is 1.99. The highest BCUT2D eigenvalue weighted by Gasteiger charge is 2.12. The number of anilines is 3. The molecule has 5 heteroatoms. The van der Waals surface area contributed by atoms with E-state index in [4.69, 9.17) is 17.3 Å². The number of nitrogen functional groups attached to an aromatic ring is 1. The average Bonchev–Trinajstić information content (AvgIpc) is 2.43. The number of hydrogen-bond donors (Lipinski definition) is 3. The molecule has 4 N–H and O–H groups in total. The van der Waals surface area contributed by atoms with Gasteiger partial charge in [0.25, 0.3) is 5.91 Å². The van der Waals surface area contributed by atoms with Crippen LogP contribution >= 0.6 is 11.6 Å². The maximum absolute atomic E-state index is 12.1. The normalized spacial score (nSPS) is 10.2. The Kier molecular flexibility index (Phi) is 4.70. The largest absolute Gasteiger partial charge is 0.399 e. The van der Waals surface area contributed by atoms with Gasteiger partial charge in [-0.15, -0.1) is 0 Å². The van der Waals surface area contributed by atoms with E-state index in [9.17, 15) is 4.79 Å². The Bertz CT molecular complexity index is 671. The Morgan fingerprint density at radius 2 is 1.95 bits per heavy atom. The van der Waals surface area contributed by atoms with Crippen LogP contribution in [0.3, 0.4) is 0 Å². The number of hydrogen-bond acceptors (Lipinski definition) is 3. The lowest BCUT2D eigenvalue weighted by Gasteiger charge is -2.14. The Morgan fingerprint density at radius 1 is 1.19 bits per heavy atom. The van der Waals surface area contributed by atoms with Crippen LogP contribution in [0, 0.1) is 6.92 Å². The van der Waals surface area contributed by atoms with E-state index >= 15 is 0 Å². The van der Waals surface area contributed by atoms with Crippen LogP contribution in [0.4, 0.5) is 17.1 Å². The van der Waals surface area contributed by atoms with Crippen LogP contribution in [0.25, 0.3) is 0 Å². The molecule has 2 aromatic carbocycles. The zero-order valence-electron chi connectivity index (χ0n) is 12.0.